The Bertz CT molecular complexity index is 1100. The molecule has 182 valence electrons. The van der Waals surface area contributed by atoms with Crippen molar-refractivity contribution in [3.8, 4) is 11.5 Å². The molecule has 3 aromatic carbocycles. The Balaban J connectivity index is 1.66. The summed E-state index contributed by atoms with van der Waals surface area (Å²) in [5.41, 5.74) is 1.72. The molecule has 0 fully saturated rings. The predicted octanol–water partition coefficient (Wildman–Crippen LogP) is 5.61. The van der Waals surface area contributed by atoms with E-state index in [1.54, 1.807) is 19.3 Å². The van der Waals surface area contributed by atoms with Crippen LogP contribution in [0.5, 0.6) is 11.5 Å². The number of amides is 1. The maximum Gasteiger partial charge on any atom is 0.257 e. The van der Waals surface area contributed by atoms with Gasteiger partial charge in [-0.25, -0.2) is 0 Å². The molecule has 0 saturated heterocycles. The molecule has 0 bridgehead atoms. The van der Waals surface area contributed by atoms with Gasteiger partial charge in [0.05, 0.1) is 13.7 Å². The number of hydrogen-bond donors (Lipinski definition) is 1. The lowest BCUT2D eigenvalue weighted by Crippen LogP contribution is -2.47. The highest BCUT2D eigenvalue weighted by molar-refractivity contribution is 5.87. The topological polar surface area (TPSA) is 56.8 Å². The first-order valence-electron chi connectivity index (χ1n) is 11.7. The van der Waals surface area contributed by atoms with Crippen LogP contribution in [0.1, 0.15) is 23.1 Å². The van der Waals surface area contributed by atoms with Crippen LogP contribution >= 0.6 is 0 Å². The smallest absolute Gasteiger partial charge is 0.257 e. The van der Waals surface area contributed by atoms with Crippen LogP contribution in [0.25, 0.3) is 0 Å². The number of carbonyl (C=O) groups is 1. The predicted molar refractivity (Wildman–Crippen MR) is 140 cm³/mol. The van der Waals surface area contributed by atoms with Crippen LogP contribution < -0.4 is 14.8 Å². The van der Waals surface area contributed by atoms with Crippen LogP contribution in [0.15, 0.2) is 104 Å². The average Bonchev–Trinajstić information content (AvgIpc) is 2.91. The monoisotopic (exact) mass is 471 g/mol. The number of nitrogens with one attached hydrogen (secondary N) is 1. The number of rotatable bonds is 14. The van der Waals surface area contributed by atoms with E-state index < -0.39 is 5.60 Å². The quantitative estimate of drug-likeness (QED) is 0.311. The molecule has 5 heteroatoms. The van der Waals surface area contributed by atoms with Gasteiger partial charge in [0, 0.05) is 13.0 Å². The summed E-state index contributed by atoms with van der Waals surface area (Å²) in [6, 6.07) is 25.3. The zero-order valence-corrected chi connectivity index (χ0v) is 20.2. The van der Waals surface area contributed by atoms with Crippen molar-refractivity contribution in [2.45, 2.75) is 25.0 Å². The number of benzene rings is 3. The summed E-state index contributed by atoms with van der Waals surface area (Å²) in [5, 5.41) is 3.04. The molecule has 1 N–H and O–H groups in total. The van der Waals surface area contributed by atoms with Gasteiger partial charge >= 0.3 is 0 Å². The third-order valence-electron chi connectivity index (χ3n) is 5.65. The van der Waals surface area contributed by atoms with E-state index >= 15 is 0 Å². The fourth-order valence-electron chi connectivity index (χ4n) is 3.85. The Hall–Kier alpha value is -3.83. The molecule has 0 saturated carbocycles. The molecule has 1 unspecified atom stereocenters. The summed E-state index contributed by atoms with van der Waals surface area (Å²) in [7, 11) is 1.62. The second kappa shape index (κ2) is 13.2. The fourth-order valence-corrected chi connectivity index (χ4v) is 3.85. The third kappa shape index (κ3) is 6.84. The van der Waals surface area contributed by atoms with Gasteiger partial charge in [0.25, 0.3) is 5.91 Å². The molecule has 0 heterocycles. The van der Waals surface area contributed by atoms with Crippen LogP contribution in [0.4, 0.5) is 0 Å². The molecule has 5 nitrogen and oxygen atoms in total. The van der Waals surface area contributed by atoms with Gasteiger partial charge < -0.3 is 19.5 Å². The van der Waals surface area contributed by atoms with E-state index in [1.807, 2.05) is 78.9 Å². The van der Waals surface area contributed by atoms with E-state index in [1.165, 1.54) is 0 Å². The standard InChI is InChI=1S/C30H33NO4/c1-4-19-30(35-21-5-2,26-14-10-7-11-15-26)29(32)31-20-18-24-16-17-27(28(22-24)33-3)34-23-25-12-8-6-9-13-25/h4-17,22H,1-2,18-21,23H2,3H3,(H,31,32). The van der Waals surface area contributed by atoms with Crippen molar-refractivity contribution in [3.63, 3.8) is 0 Å². The molecular weight excluding hydrogens is 438 g/mol. The van der Waals surface area contributed by atoms with Crippen molar-refractivity contribution in [1.82, 2.24) is 5.32 Å². The lowest BCUT2D eigenvalue weighted by molar-refractivity contribution is -0.147. The Morgan fingerprint density at radius 1 is 0.914 bits per heavy atom. The second-order valence-electron chi connectivity index (χ2n) is 8.05. The largest absolute Gasteiger partial charge is 0.493 e. The van der Waals surface area contributed by atoms with Crippen molar-refractivity contribution in [3.05, 3.63) is 121 Å². The first kappa shape index (κ1) is 25.8. The van der Waals surface area contributed by atoms with Gasteiger partial charge in [-0.2, -0.15) is 0 Å². The zero-order chi connectivity index (χ0) is 24.9. The van der Waals surface area contributed by atoms with E-state index in [0.717, 1.165) is 16.7 Å². The normalized spacial score (nSPS) is 12.3. The SMILES string of the molecule is C=CCOC(CC=C)(C(=O)NCCc1ccc(OCc2ccccc2)c(OC)c1)c1ccccc1. The summed E-state index contributed by atoms with van der Waals surface area (Å²) in [4.78, 5) is 13.4. The molecule has 3 aromatic rings. The highest BCUT2D eigenvalue weighted by atomic mass is 16.5. The Morgan fingerprint density at radius 2 is 1.63 bits per heavy atom. The minimum atomic E-state index is -1.16. The average molecular weight is 472 g/mol. The van der Waals surface area contributed by atoms with E-state index in [4.69, 9.17) is 14.2 Å². The van der Waals surface area contributed by atoms with Crippen LogP contribution in [0, 0.1) is 0 Å². The molecule has 0 radical (unpaired) electrons. The van der Waals surface area contributed by atoms with Crippen LogP contribution in [-0.4, -0.2) is 26.2 Å². The molecule has 0 aliphatic rings. The van der Waals surface area contributed by atoms with Crippen molar-refractivity contribution in [2.24, 2.45) is 0 Å². The number of ether oxygens (including phenoxy) is 3. The van der Waals surface area contributed by atoms with Crippen molar-refractivity contribution >= 4 is 5.91 Å². The minimum Gasteiger partial charge on any atom is -0.493 e. The van der Waals surface area contributed by atoms with Gasteiger partial charge in [-0.1, -0.05) is 78.9 Å². The molecular formula is C30H33NO4. The molecule has 3 rings (SSSR count). The Labute approximate surface area is 208 Å². The van der Waals surface area contributed by atoms with E-state index in [-0.39, 0.29) is 12.5 Å². The summed E-state index contributed by atoms with van der Waals surface area (Å²) in [6.45, 7) is 8.72. The molecule has 0 aliphatic carbocycles. The van der Waals surface area contributed by atoms with Crippen molar-refractivity contribution < 1.29 is 19.0 Å². The van der Waals surface area contributed by atoms with Crippen LogP contribution in [0.2, 0.25) is 0 Å². The lowest BCUT2D eigenvalue weighted by atomic mass is 9.88. The van der Waals surface area contributed by atoms with Gasteiger partial charge in [0.15, 0.2) is 17.1 Å². The van der Waals surface area contributed by atoms with Crippen molar-refractivity contribution in [2.75, 3.05) is 20.3 Å². The maximum absolute atomic E-state index is 13.4. The second-order valence-corrected chi connectivity index (χ2v) is 8.05. The van der Waals surface area contributed by atoms with Gasteiger partial charge in [0.1, 0.15) is 6.61 Å². The molecule has 1 atom stereocenters. The third-order valence-corrected chi connectivity index (χ3v) is 5.65. The van der Waals surface area contributed by atoms with Gasteiger partial charge in [-0.05, 0) is 35.2 Å². The lowest BCUT2D eigenvalue weighted by Gasteiger charge is -2.32. The fraction of sp³-hybridized carbons (Fsp3) is 0.233. The molecule has 0 aliphatic heterocycles. The Morgan fingerprint density at radius 3 is 2.29 bits per heavy atom. The molecule has 1 amide bonds. The number of carbonyl (C=O) groups excluding carboxylic acids is 1. The molecule has 0 spiro atoms. The summed E-state index contributed by atoms with van der Waals surface area (Å²) in [5.74, 6) is 1.13. The van der Waals surface area contributed by atoms with Crippen LogP contribution in [-0.2, 0) is 28.2 Å². The van der Waals surface area contributed by atoms with Gasteiger partial charge in [-0.15, -0.1) is 13.2 Å². The van der Waals surface area contributed by atoms with E-state index in [2.05, 4.69) is 18.5 Å². The minimum absolute atomic E-state index is 0.208. The van der Waals surface area contributed by atoms with E-state index in [9.17, 15) is 4.79 Å². The number of hydrogen-bond acceptors (Lipinski definition) is 4. The molecule has 0 aromatic heterocycles. The first-order valence-corrected chi connectivity index (χ1v) is 11.7. The summed E-state index contributed by atoms with van der Waals surface area (Å²) < 4.78 is 17.5. The molecule has 35 heavy (non-hydrogen) atoms. The summed E-state index contributed by atoms with van der Waals surface area (Å²) >= 11 is 0. The summed E-state index contributed by atoms with van der Waals surface area (Å²) in [6.07, 6.45) is 4.32. The van der Waals surface area contributed by atoms with Gasteiger partial charge in [0.2, 0.25) is 0 Å². The first-order chi connectivity index (χ1) is 17.1. The van der Waals surface area contributed by atoms with E-state index in [0.29, 0.717) is 37.5 Å². The Kier molecular flexibility index (Phi) is 9.69. The van der Waals surface area contributed by atoms with Crippen LogP contribution in [0.3, 0.4) is 0 Å². The van der Waals surface area contributed by atoms with Crippen molar-refractivity contribution in [1.29, 1.82) is 0 Å². The highest BCUT2D eigenvalue weighted by Crippen LogP contribution is 2.31. The zero-order valence-electron chi connectivity index (χ0n) is 20.2. The highest BCUT2D eigenvalue weighted by Gasteiger charge is 2.39. The van der Waals surface area contributed by atoms with Gasteiger partial charge in [-0.3, -0.25) is 4.79 Å². The number of methoxy groups -OCH3 is 1. The maximum atomic E-state index is 13.4.